The Morgan fingerprint density at radius 1 is 1.07 bits per heavy atom. The number of nitrogens with zero attached hydrogens (tertiary/aromatic N) is 2. The molecule has 2 aromatic rings. The summed E-state index contributed by atoms with van der Waals surface area (Å²) >= 11 is 0. The first-order chi connectivity index (χ1) is 14.2. The van der Waals surface area contributed by atoms with Crippen molar-refractivity contribution < 1.29 is 9.13 Å². The number of aliphatic imine (C=N–C) groups is 1. The van der Waals surface area contributed by atoms with E-state index < -0.39 is 0 Å². The molecular weight excluding hydrogens is 494 g/mol. The summed E-state index contributed by atoms with van der Waals surface area (Å²) in [6.45, 7) is 4.72. The monoisotopic (exact) mass is 524 g/mol. The van der Waals surface area contributed by atoms with E-state index in [1.807, 2.05) is 12.1 Å². The molecule has 1 aliphatic heterocycles. The molecule has 0 amide bonds. The standard InChI is InChI=1S/C23H29FN4O.HI/c1-25-22(27-17-23(10-11-23)19-7-3-4-8-20(19)24)26-16-18-6-2-5-9-21(18)28-12-14-29-15-13-28;/h2-9H,10-17H2,1H3,(H2,25,26,27);1H. The number of rotatable bonds is 6. The van der Waals surface area contributed by atoms with Crippen LogP contribution in [0.2, 0.25) is 0 Å². The number of nitrogens with one attached hydrogen (secondary N) is 2. The first-order valence-corrected chi connectivity index (χ1v) is 10.3. The van der Waals surface area contributed by atoms with Crippen molar-refractivity contribution in [2.75, 3.05) is 44.8 Å². The van der Waals surface area contributed by atoms with Gasteiger partial charge in [0.2, 0.25) is 0 Å². The minimum Gasteiger partial charge on any atom is -0.378 e. The summed E-state index contributed by atoms with van der Waals surface area (Å²) in [5.74, 6) is 0.624. The van der Waals surface area contributed by atoms with Crippen molar-refractivity contribution in [3.63, 3.8) is 0 Å². The minimum atomic E-state index is -0.116. The SMILES string of the molecule is CN=C(NCc1ccccc1N1CCOCC1)NCC1(c2ccccc2F)CC1.I. The van der Waals surface area contributed by atoms with Crippen LogP contribution in [-0.4, -0.2) is 45.9 Å². The van der Waals surface area contributed by atoms with Crippen LogP contribution < -0.4 is 15.5 Å². The molecule has 4 rings (SSSR count). The summed E-state index contributed by atoms with van der Waals surface area (Å²) < 4.78 is 19.7. The van der Waals surface area contributed by atoms with E-state index in [0.29, 0.717) is 13.1 Å². The van der Waals surface area contributed by atoms with Gasteiger partial charge in [0.1, 0.15) is 5.82 Å². The van der Waals surface area contributed by atoms with Crippen LogP contribution >= 0.6 is 24.0 Å². The number of guanidine groups is 1. The third-order valence-corrected chi connectivity index (χ3v) is 5.91. The van der Waals surface area contributed by atoms with E-state index in [9.17, 15) is 4.39 Å². The quantitative estimate of drug-likeness (QED) is 0.344. The number of benzene rings is 2. The van der Waals surface area contributed by atoms with Crippen LogP contribution in [0.15, 0.2) is 53.5 Å². The molecule has 1 aliphatic carbocycles. The highest BCUT2D eigenvalue weighted by molar-refractivity contribution is 14.0. The fraction of sp³-hybridized carbons (Fsp3) is 0.435. The minimum absolute atomic E-state index is 0. The molecule has 5 nitrogen and oxygen atoms in total. The van der Waals surface area contributed by atoms with Gasteiger partial charge in [0.25, 0.3) is 0 Å². The predicted octanol–water partition coefficient (Wildman–Crippen LogP) is 3.68. The fourth-order valence-corrected chi connectivity index (χ4v) is 4.01. The van der Waals surface area contributed by atoms with Gasteiger partial charge in [-0.1, -0.05) is 36.4 Å². The Hall–Kier alpha value is -1.87. The average Bonchev–Trinajstić information content (AvgIpc) is 3.56. The van der Waals surface area contributed by atoms with Gasteiger partial charge in [0.15, 0.2) is 5.96 Å². The lowest BCUT2D eigenvalue weighted by atomic mass is 9.95. The lowest BCUT2D eigenvalue weighted by Gasteiger charge is -2.30. The van der Waals surface area contributed by atoms with E-state index in [4.69, 9.17) is 4.74 Å². The Morgan fingerprint density at radius 2 is 1.77 bits per heavy atom. The number of hydrogen-bond donors (Lipinski definition) is 2. The van der Waals surface area contributed by atoms with Gasteiger partial charge in [0.05, 0.1) is 13.2 Å². The fourth-order valence-electron chi connectivity index (χ4n) is 4.01. The molecular formula is C23H30FIN4O. The van der Waals surface area contributed by atoms with Crippen LogP contribution in [-0.2, 0) is 16.7 Å². The molecule has 2 N–H and O–H groups in total. The molecule has 0 bridgehead atoms. The van der Waals surface area contributed by atoms with E-state index in [1.54, 1.807) is 19.2 Å². The lowest BCUT2D eigenvalue weighted by Crippen LogP contribution is -2.41. The highest BCUT2D eigenvalue weighted by Crippen LogP contribution is 2.48. The zero-order valence-corrected chi connectivity index (χ0v) is 19.7. The Labute approximate surface area is 195 Å². The summed E-state index contributed by atoms with van der Waals surface area (Å²) in [4.78, 5) is 6.73. The number of ether oxygens (including phenoxy) is 1. The van der Waals surface area contributed by atoms with Crippen LogP contribution in [0.25, 0.3) is 0 Å². The Balaban J connectivity index is 0.00000256. The maximum Gasteiger partial charge on any atom is 0.191 e. The van der Waals surface area contributed by atoms with E-state index in [0.717, 1.165) is 50.7 Å². The van der Waals surface area contributed by atoms with Crippen molar-refractivity contribution in [3.8, 4) is 0 Å². The van der Waals surface area contributed by atoms with Crippen molar-refractivity contribution in [2.45, 2.75) is 24.8 Å². The molecule has 7 heteroatoms. The highest BCUT2D eigenvalue weighted by Gasteiger charge is 2.45. The molecule has 0 radical (unpaired) electrons. The summed E-state index contributed by atoms with van der Waals surface area (Å²) in [6.07, 6.45) is 2.00. The van der Waals surface area contributed by atoms with E-state index in [1.165, 1.54) is 11.3 Å². The molecule has 1 heterocycles. The van der Waals surface area contributed by atoms with Crippen LogP contribution in [0.5, 0.6) is 0 Å². The van der Waals surface area contributed by atoms with Gasteiger partial charge in [-0.3, -0.25) is 4.99 Å². The largest absolute Gasteiger partial charge is 0.378 e. The van der Waals surface area contributed by atoms with Crippen molar-refractivity contribution >= 4 is 35.6 Å². The van der Waals surface area contributed by atoms with E-state index in [-0.39, 0.29) is 35.2 Å². The van der Waals surface area contributed by atoms with Gasteiger partial charge in [0, 0.05) is 44.3 Å². The third kappa shape index (κ3) is 5.24. The predicted molar refractivity (Wildman–Crippen MR) is 130 cm³/mol. The Morgan fingerprint density at radius 3 is 2.47 bits per heavy atom. The summed E-state index contributed by atoms with van der Waals surface area (Å²) in [6, 6.07) is 15.6. The van der Waals surface area contributed by atoms with Crippen molar-refractivity contribution in [1.29, 1.82) is 0 Å². The Kier molecular flexibility index (Phi) is 7.93. The number of morpholine rings is 1. The van der Waals surface area contributed by atoms with Gasteiger partial charge >= 0.3 is 0 Å². The topological polar surface area (TPSA) is 48.9 Å². The molecule has 2 aliphatic rings. The summed E-state index contributed by atoms with van der Waals surface area (Å²) in [5, 5.41) is 6.82. The summed E-state index contributed by atoms with van der Waals surface area (Å²) in [5.41, 5.74) is 3.16. The molecule has 0 aromatic heterocycles. The first kappa shape index (κ1) is 22.8. The normalized spacial score (nSPS) is 17.8. The van der Waals surface area contributed by atoms with E-state index in [2.05, 4.69) is 44.8 Å². The molecule has 0 unspecified atom stereocenters. The van der Waals surface area contributed by atoms with Crippen molar-refractivity contribution in [2.24, 2.45) is 4.99 Å². The second-order valence-corrected chi connectivity index (χ2v) is 7.77. The molecule has 162 valence electrons. The molecule has 30 heavy (non-hydrogen) atoms. The molecule has 2 fully saturated rings. The smallest absolute Gasteiger partial charge is 0.191 e. The van der Waals surface area contributed by atoms with E-state index >= 15 is 0 Å². The molecule has 1 saturated carbocycles. The van der Waals surface area contributed by atoms with Gasteiger partial charge in [-0.15, -0.1) is 24.0 Å². The molecule has 0 spiro atoms. The summed E-state index contributed by atoms with van der Waals surface area (Å²) in [7, 11) is 1.77. The second kappa shape index (κ2) is 10.4. The molecule has 2 aromatic carbocycles. The van der Waals surface area contributed by atoms with Gasteiger partial charge in [-0.05, 0) is 36.1 Å². The zero-order valence-electron chi connectivity index (χ0n) is 17.4. The number of halogens is 2. The first-order valence-electron chi connectivity index (χ1n) is 10.3. The average molecular weight is 524 g/mol. The van der Waals surface area contributed by atoms with Crippen LogP contribution in [0.1, 0.15) is 24.0 Å². The third-order valence-electron chi connectivity index (χ3n) is 5.91. The number of anilines is 1. The Bertz CT molecular complexity index is 866. The zero-order chi connectivity index (χ0) is 20.1. The second-order valence-electron chi connectivity index (χ2n) is 7.77. The maximum absolute atomic E-state index is 14.2. The molecule has 1 saturated heterocycles. The highest BCUT2D eigenvalue weighted by atomic mass is 127. The van der Waals surface area contributed by atoms with Gasteiger partial charge in [-0.2, -0.15) is 0 Å². The maximum atomic E-state index is 14.2. The van der Waals surface area contributed by atoms with Crippen LogP contribution in [0.4, 0.5) is 10.1 Å². The number of para-hydroxylation sites is 1. The van der Waals surface area contributed by atoms with Crippen molar-refractivity contribution in [3.05, 3.63) is 65.5 Å². The van der Waals surface area contributed by atoms with Gasteiger partial charge < -0.3 is 20.3 Å². The van der Waals surface area contributed by atoms with Crippen molar-refractivity contribution in [1.82, 2.24) is 10.6 Å². The molecule has 0 atom stereocenters. The van der Waals surface area contributed by atoms with Crippen LogP contribution in [0.3, 0.4) is 0 Å². The van der Waals surface area contributed by atoms with Crippen LogP contribution in [0, 0.1) is 5.82 Å². The number of hydrogen-bond acceptors (Lipinski definition) is 3. The van der Waals surface area contributed by atoms with Gasteiger partial charge in [-0.25, -0.2) is 4.39 Å². The lowest BCUT2D eigenvalue weighted by molar-refractivity contribution is 0.122.